The number of carbonyl (C=O) groups is 1. The van der Waals surface area contributed by atoms with Crippen LogP contribution in [-0.4, -0.2) is 17.6 Å². The standard InChI is InChI=1S/C22H24FNO2/c1-3-26-22(25)13(2)14-8-15-10-17(11-16(15)9-14)19-6-7-24-21-5-4-18(23)12-20(19)21/h4-7,12,15-17H,3,8-11H2,1-2H3/b14-13-/t15-,16+,17+/m1/s1. The second kappa shape index (κ2) is 6.82. The van der Waals surface area contributed by atoms with Gasteiger partial charge in [-0.25, -0.2) is 9.18 Å². The zero-order valence-electron chi connectivity index (χ0n) is 15.3. The predicted molar refractivity (Wildman–Crippen MR) is 99.2 cm³/mol. The molecule has 0 unspecified atom stereocenters. The maximum absolute atomic E-state index is 13.7. The molecule has 1 aromatic carbocycles. The quantitative estimate of drug-likeness (QED) is 0.565. The summed E-state index contributed by atoms with van der Waals surface area (Å²) in [5.74, 6) is 1.28. The Bertz CT molecular complexity index is 873. The van der Waals surface area contributed by atoms with Crippen LogP contribution in [0.1, 0.15) is 51.0 Å². The summed E-state index contributed by atoms with van der Waals surface area (Å²) in [6, 6.07) is 6.89. The number of ether oxygens (including phenoxy) is 1. The zero-order chi connectivity index (χ0) is 18.3. The molecule has 0 bridgehead atoms. The third-order valence-electron chi connectivity index (χ3n) is 6.15. The summed E-state index contributed by atoms with van der Waals surface area (Å²) in [6.07, 6.45) is 6.01. The Labute approximate surface area is 153 Å². The Hall–Kier alpha value is -2.23. The van der Waals surface area contributed by atoms with Gasteiger partial charge in [0.15, 0.2) is 0 Å². The van der Waals surface area contributed by atoms with E-state index in [1.54, 1.807) is 12.1 Å². The first-order valence-electron chi connectivity index (χ1n) is 9.46. The van der Waals surface area contributed by atoms with Crippen LogP contribution in [0.5, 0.6) is 0 Å². The Morgan fingerprint density at radius 3 is 2.65 bits per heavy atom. The first-order chi connectivity index (χ1) is 12.6. The maximum Gasteiger partial charge on any atom is 0.333 e. The van der Waals surface area contributed by atoms with Gasteiger partial charge in [-0.05, 0) is 87.1 Å². The van der Waals surface area contributed by atoms with Crippen LogP contribution in [0.2, 0.25) is 0 Å². The van der Waals surface area contributed by atoms with Crippen LogP contribution in [0.25, 0.3) is 10.9 Å². The van der Waals surface area contributed by atoms with Gasteiger partial charge in [0.05, 0.1) is 12.1 Å². The van der Waals surface area contributed by atoms with Gasteiger partial charge in [0.1, 0.15) is 5.82 Å². The summed E-state index contributed by atoms with van der Waals surface area (Å²) in [5, 5.41) is 0.941. The topological polar surface area (TPSA) is 39.2 Å². The summed E-state index contributed by atoms with van der Waals surface area (Å²) >= 11 is 0. The average Bonchev–Trinajstić information content (AvgIpc) is 3.19. The molecule has 1 heterocycles. The summed E-state index contributed by atoms with van der Waals surface area (Å²) < 4.78 is 18.9. The molecule has 2 aromatic rings. The number of fused-ring (bicyclic) bond motifs is 2. The largest absolute Gasteiger partial charge is 0.463 e. The van der Waals surface area contributed by atoms with Crippen molar-refractivity contribution in [1.29, 1.82) is 0 Å². The highest BCUT2D eigenvalue weighted by Crippen LogP contribution is 2.53. The van der Waals surface area contributed by atoms with Crippen molar-refractivity contribution in [2.75, 3.05) is 6.61 Å². The normalized spacial score (nSPS) is 26.8. The second-order valence-corrected chi connectivity index (χ2v) is 7.61. The number of benzene rings is 1. The Kier molecular flexibility index (Phi) is 4.51. The first kappa shape index (κ1) is 17.2. The van der Waals surface area contributed by atoms with Crippen molar-refractivity contribution in [3.05, 3.63) is 53.0 Å². The molecule has 2 saturated carbocycles. The molecule has 2 aliphatic carbocycles. The number of halogens is 1. The summed E-state index contributed by atoms with van der Waals surface area (Å²) in [4.78, 5) is 16.4. The number of pyridine rings is 1. The zero-order valence-corrected chi connectivity index (χ0v) is 15.3. The van der Waals surface area contributed by atoms with E-state index in [1.807, 2.05) is 26.1 Å². The van der Waals surface area contributed by atoms with Crippen LogP contribution in [0, 0.1) is 17.7 Å². The fraction of sp³-hybridized carbons (Fsp3) is 0.455. The fourth-order valence-corrected chi connectivity index (χ4v) is 4.87. The number of esters is 1. The molecule has 0 saturated heterocycles. The smallest absolute Gasteiger partial charge is 0.333 e. The van der Waals surface area contributed by atoms with Gasteiger partial charge in [-0.1, -0.05) is 5.57 Å². The van der Waals surface area contributed by atoms with Crippen LogP contribution in [-0.2, 0) is 9.53 Å². The number of nitrogens with zero attached hydrogens (tertiary/aromatic N) is 1. The average molecular weight is 353 g/mol. The molecule has 0 N–H and O–H groups in total. The Morgan fingerprint density at radius 1 is 1.23 bits per heavy atom. The van der Waals surface area contributed by atoms with E-state index in [9.17, 15) is 9.18 Å². The minimum atomic E-state index is -0.208. The SMILES string of the molecule is CCOC(=O)/C(C)=C1/C[C@@H]2C[C@H](c3ccnc4ccc(F)cc34)C[C@@H]2C1. The molecular formula is C22H24FNO2. The lowest BCUT2D eigenvalue weighted by Gasteiger charge is -2.15. The number of hydrogen-bond acceptors (Lipinski definition) is 3. The lowest BCUT2D eigenvalue weighted by molar-refractivity contribution is -0.138. The van der Waals surface area contributed by atoms with Gasteiger partial charge >= 0.3 is 5.97 Å². The summed E-state index contributed by atoms with van der Waals surface area (Å²) in [7, 11) is 0. The van der Waals surface area contributed by atoms with Gasteiger partial charge in [-0.2, -0.15) is 0 Å². The van der Waals surface area contributed by atoms with Gasteiger partial charge < -0.3 is 4.74 Å². The maximum atomic E-state index is 13.7. The van der Waals surface area contributed by atoms with Crippen molar-refractivity contribution in [1.82, 2.24) is 4.98 Å². The monoisotopic (exact) mass is 353 g/mol. The molecule has 0 amide bonds. The van der Waals surface area contributed by atoms with E-state index in [-0.39, 0.29) is 11.8 Å². The Morgan fingerprint density at radius 2 is 1.96 bits per heavy atom. The van der Waals surface area contributed by atoms with Gasteiger partial charge in [0, 0.05) is 17.2 Å². The Balaban J connectivity index is 1.55. The van der Waals surface area contributed by atoms with E-state index in [0.717, 1.165) is 42.2 Å². The van der Waals surface area contributed by atoms with Crippen LogP contribution in [0.15, 0.2) is 41.6 Å². The lowest BCUT2D eigenvalue weighted by Crippen LogP contribution is -2.07. The molecule has 2 aliphatic rings. The van der Waals surface area contributed by atoms with Crippen LogP contribution < -0.4 is 0 Å². The molecule has 2 fully saturated rings. The van der Waals surface area contributed by atoms with Gasteiger partial charge in [0.2, 0.25) is 0 Å². The summed E-state index contributed by atoms with van der Waals surface area (Å²) in [6.45, 7) is 4.15. The van der Waals surface area contributed by atoms with Crippen molar-refractivity contribution in [2.45, 2.75) is 45.4 Å². The molecule has 0 aliphatic heterocycles. The van der Waals surface area contributed by atoms with Gasteiger partial charge in [-0.15, -0.1) is 0 Å². The minimum Gasteiger partial charge on any atom is -0.463 e. The van der Waals surface area contributed by atoms with Crippen molar-refractivity contribution in [3.63, 3.8) is 0 Å². The first-order valence-corrected chi connectivity index (χ1v) is 9.46. The lowest BCUT2D eigenvalue weighted by atomic mass is 9.91. The number of rotatable bonds is 3. The molecule has 0 spiro atoms. The molecule has 0 radical (unpaired) electrons. The highest BCUT2D eigenvalue weighted by molar-refractivity contribution is 5.88. The van der Waals surface area contributed by atoms with Gasteiger partial charge in [-0.3, -0.25) is 4.98 Å². The predicted octanol–water partition coefficient (Wildman–Crippen LogP) is 5.16. The minimum absolute atomic E-state index is 0.172. The van der Waals surface area contributed by atoms with E-state index >= 15 is 0 Å². The second-order valence-electron chi connectivity index (χ2n) is 7.61. The highest BCUT2D eigenvalue weighted by Gasteiger charge is 2.41. The third-order valence-corrected chi connectivity index (χ3v) is 6.15. The number of carbonyl (C=O) groups excluding carboxylic acids is 1. The van der Waals surface area contributed by atoms with Crippen molar-refractivity contribution < 1.29 is 13.9 Å². The molecule has 3 nitrogen and oxygen atoms in total. The van der Waals surface area contributed by atoms with Crippen molar-refractivity contribution in [3.8, 4) is 0 Å². The molecule has 3 atom stereocenters. The van der Waals surface area contributed by atoms with Crippen molar-refractivity contribution in [2.24, 2.45) is 11.8 Å². The molecular weight excluding hydrogens is 329 g/mol. The van der Waals surface area contributed by atoms with E-state index in [4.69, 9.17) is 4.74 Å². The number of allylic oxidation sites excluding steroid dienone is 1. The third kappa shape index (κ3) is 3.02. The molecule has 4 rings (SSSR count). The molecule has 4 heteroatoms. The fourth-order valence-electron chi connectivity index (χ4n) is 4.87. The van der Waals surface area contributed by atoms with E-state index < -0.39 is 0 Å². The molecule has 1 aromatic heterocycles. The molecule has 136 valence electrons. The van der Waals surface area contributed by atoms with Crippen molar-refractivity contribution >= 4 is 16.9 Å². The van der Waals surface area contributed by atoms with Crippen LogP contribution in [0.4, 0.5) is 4.39 Å². The number of hydrogen-bond donors (Lipinski definition) is 0. The van der Waals surface area contributed by atoms with Crippen LogP contribution in [0.3, 0.4) is 0 Å². The highest BCUT2D eigenvalue weighted by atomic mass is 19.1. The summed E-state index contributed by atoms with van der Waals surface area (Å²) in [5.41, 5.74) is 4.15. The molecule has 26 heavy (non-hydrogen) atoms. The van der Waals surface area contributed by atoms with E-state index in [1.165, 1.54) is 17.2 Å². The van der Waals surface area contributed by atoms with Gasteiger partial charge in [0.25, 0.3) is 0 Å². The van der Waals surface area contributed by atoms with Crippen LogP contribution >= 0.6 is 0 Å². The number of aromatic nitrogens is 1. The van der Waals surface area contributed by atoms with E-state index in [0.29, 0.717) is 24.4 Å². The van der Waals surface area contributed by atoms with E-state index in [2.05, 4.69) is 4.98 Å².